The van der Waals surface area contributed by atoms with Crippen molar-refractivity contribution in [1.29, 1.82) is 0 Å². The molecule has 0 atom stereocenters. The number of carbonyl (C=O) groups excluding carboxylic acids is 1. The van der Waals surface area contributed by atoms with Crippen LogP contribution in [0.4, 0.5) is 5.69 Å². The van der Waals surface area contributed by atoms with Gasteiger partial charge in [-0.2, -0.15) is 0 Å². The van der Waals surface area contributed by atoms with E-state index in [9.17, 15) is 4.79 Å². The largest absolute Gasteiger partial charge is 0.480 e. The molecule has 0 saturated carbocycles. The van der Waals surface area contributed by atoms with E-state index in [4.69, 9.17) is 10.5 Å². The van der Waals surface area contributed by atoms with Gasteiger partial charge in [0.1, 0.15) is 5.56 Å². The number of pyridine rings is 1. The number of rotatable bonds is 4. The molecule has 0 aliphatic heterocycles. The van der Waals surface area contributed by atoms with Crippen LogP contribution in [0.1, 0.15) is 15.9 Å². The number of nitrogens with two attached hydrogens (primary N) is 1. The predicted molar refractivity (Wildman–Crippen MR) is 73.1 cm³/mol. The van der Waals surface area contributed by atoms with Crippen molar-refractivity contribution in [2.24, 2.45) is 5.73 Å². The first kappa shape index (κ1) is 13.0. The molecule has 5 heteroatoms. The van der Waals surface area contributed by atoms with Crippen LogP contribution in [0.2, 0.25) is 0 Å². The minimum atomic E-state index is -0.265. The lowest BCUT2D eigenvalue weighted by Crippen LogP contribution is -2.14. The Bertz CT molecular complexity index is 584. The molecular formula is C14H15N3O2. The number of methoxy groups -OCH3 is 1. The van der Waals surface area contributed by atoms with E-state index >= 15 is 0 Å². The van der Waals surface area contributed by atoms with Crippen molar-refractivity contribution in [3.05, 3.63) is 53.7 Å². The Morgan fingerprint density at radius 1 is 1.37 bits per heavy atom. The Morgan fingerprint density at radius 3 is 2.95 bits per heavy atom. The molecule has 0 unspecified atom stereocenters. The zero-order valence-corrected chi connectivity index (χ0v) is 10.6. The second-order valence-electron chi connectivity index (χ2n) is 3.92. The molecule has 0 aliphatic rings. The lowest BCUT2D eigenvalue weighted by atomic mass is 10.2. The van der Waals surface area contributed by atoms with Crippen molar-refractivity contribution in [1.82, 2.24) is 4.98 Å². The first-order chi connectivity index (χ1) is 9.24. The quantitative estimate of drug-likeness (QED) is 0.875. The number of nitrogens with zero attached hydrogens (tertiary/aromatic N) is 1. The lowest BCUT2D eigenvalue weighted by Gasteiger charge is -2.09. The monoisotopic (exact) mass is 257 g/mol. The molecule has 19 heavy (non-hydrogen) atoms. The normalized spacial score (nSPS) is 10.0. The molecule has 2 rings (SSSR count). The van der Waals surface area contributed by atoms with E-state index in [1.165, 1.54) is 7.11 Å². The molecule has 0 saturated heterocycles. The van der Waals surface area contributed by atoms with Crippen molar-refractivity contribution in [2.75, 3.05) is 12.4 Å². The SMILES string of the molecule is COc1ncccc1C(=O)Nc1cccc(CN)c1. The summed E-state index contributed by atoms with van der Waals surface area (Å²) in [6.07, 6.45) is 1.57. The third-order valence-electron chi connectivity index (χ3n) is 2.63. The van der Waals surface area contributed by atoms with Crippen LogP contribution in [0.25, 0.3) is 0 Å². The molecular weight excluding hydrogens is 242 g/mol. The molecule has 0 fully saturated rings. The molecule has 5 nitrogen and oxygen atoms in total. The first-order valence-corrected chi connectivity index (χ1v) is 5.84. The number of carbonyl (C=O) groups is 1. The summed E-state index contributed by atoms with van der Waals surface area (Å²) in [4.78, 5) is 16.1. The number of amides is 1. The van der Waals surface area contributed by atoms with Crippen molar-refractivity contribution in [3.8, 4) is 5.88 Å². The van der Waals surface area contributed by atoms with Crippen LogP contribution in [-0.4, -0.2) is 18.0 Å². The van der Waals surface area contributed by atoms with Gasteiger partial charge in [-0.1, -0.05) is 12.1 Å². The van der Waals surface area contributed by atoms with Gasteiger partial charge in [0.2, 0.25) is 5.88 Å². The fourth-order valence-electron chi connectivity index (χ4n) is 1.70. The maximum atomic E-state index is 12.1. The average Bonchev–Trinajstić information content (AvgIpc) is 2.47. The summed E-state index contributed by atoms with van der Waals surface area (Å²) in [6, 6.07) is 10.7. The van der Waals surface area contributed by atoms with Crippen LogP contribution in [0.15, 0.2) is 42.6 Å². The zero-order valence-electron chi connectivity index (χ0n) is 10.6. The zero-order chi connectivity index (χ0) is 13.7. The summed E-state index contributed by atoms with van der Waals surface area (Å²) >= 11 is 0. The second-order valence-corrected chi connectivity index (χ2v) is 3.92. The van der Waals surface area contributed by atoms with Crippen LogP contribution < -0.4 is 15.8 Å². The van der Waals surface area contributed by atoms with Crippen molar-refractivity contribution < 1.29 is 9.53 Å². The molecule has 0 aliphatic carbocycles. The van der Waals surface area contributed by atoms with Crippen LogP contribution >= 0.6 is 0 Å². The summed E-state index contributed by atoms with van der Waals surface area (Å²) < 4.78 is 5.06. The van der Waals surface area contributed by atoms with E-state index in [-0.39, 0.29) is 5.91 Å². The van der Waals surface area contributed by atoms with Crippen LogP contribution in [0.3, 0.4) is 0 Å². The van der Waals surface area contributed by atoms with Gasteiger partial charge in [-0.05, 0) is 29.8 Å². The van der Waals surface area contributed by atoms with Crippen LogP contribution in [0.5, 0.6) is 5.88 Å². The Labute approximate surface area is 111 Å². The van der Waals surface area contributed by atoms with E-state index < -0.39 is 0 Å². The highest BCUT2D eigenvalue weighted by molar-refractivity contribution is 6.05. The highest BCUT2D eigenvalue weighted by Gasteiger charge is 2.12. The Morgan fingerprint density at radius 2 is 2.21 bits per heavy atom. The van der Waals surface area contributed by atoms with E-state index in [0.29, 0.717) is 23.7 Å². The fourth-order valence-corrected chi connectivity index (χ4v) is 1.70. The Kier molecular flexibility index (Phi) is 4.10. The minimum Gasteiger partial charge on any atom is -0.480 e. The summed E-state index contributed by atoms with van der Waals surface area (Å²) in [6.45, 7) is 0.430. The molecule has 2 aromatic rings. The average molecular weight is 257 g/mol. The highest BCUT2D eigenvalue weighted by Crippen LogP contribution is 2.17. The second kappa shape index (κ2) is 5.97. The molecule has 1 aromatic carbocycles. The number of hydrogen-bond acceptors (Lipinski definition) is 4. The summed E-state index contributed by atoms with van der Waals surface area (Å²) in [5.74, 6) is 0.0362. The van der Waals surface area contributed by atoms with Gasteiger partial charge in [-0.25, -0.2) is 4.98 Å². The van der Waals surface area contributed by atoms with Gasteiger partial charge in [0, 0.05) is 18.4 Å². The number of ether oxygens (including phenoxy) is 1. The number of aromatic nitrogens is 1. The molecule has 0 spiro atoms. The van der Waals surface area contributed by atoms with E-state index in [1.807, 2.05) is 18.2 Å². The summed E-state index contributed by atoms with van der Waals surface area (Å²) in [5, 5.41) is 2.79. The first-order valence-electron chi connectivity index (χ1n) is 5.84. The molecule has 1 aromatic heterocycles. The minimum absolute atomic E-state index is 0.265. The van der Waals surface area contributed by atoms with E-state index in [1.54, 1.807) is 24.4 Å². The van der Waals surface area contributed by atoms with Gasteiger partial charge < -0.3 is 15.8 Å². The molecule has 1 heterocycles. The standard InChI is InChI=1S/C14H15N3O2/c1-19-14-12(6-3-7-16-14)13(18)17-11-5-2-4-10(8-11)9-15/h2-8H,9,15H2,1H3,(H,17,18). The van der Waals surface area contributed by atoms with Gasteiger partial charge >= 0.3 is 0 Å². The highest BCUT2D eigenvalue weighted by atomic mass is 16.5. The third-order valence-corrected chi connectivity index (χ3v) is 2.63. The Hall–Kier alpha value is -2.40. The van der Waals surface area contributed by atoms with Crippen LogP contribution in [0, 0.1) is 0 Å². The maximum Gasteiger partial charge on any atom is 0.261 e. The van der Waals surface area contributed by atoms with Gasteiger partial charge in [0.05, 0.1) is 7.11 Å². The van der Waals surface area contributed by atoms with Gasteiger partial charge in [0.25, 0.3) is 5.91 Å². The smallest absolute Gasteiger partial charge is 0.261 e. The molecule has 98 valence electrons. The van der Waals surface area contributed by atoms with Crippen molar-refractivity contribution >= 4 is 11.6 Å². The number of anilines is 1. The fraction of sp³-hybridized carbons (Fsp3) is 0.143. The molecule has 0 bridgehead atoms. The van der Waals surface area contributed by atoms with Gasteiger partial charge in [-0.3, -0.25) is 4.79 Å². The van der Waals surface area contributed by atoms with E-state index in [2.05, 4.69) is 10.3 Å². The molecule has 1 amide bonds. The number of hydrogen-bond donors (Lipinski definition) is 2. The molecule has 0 radical (unpaired) electrons. The Balaban J connectivity index is 2.20. The van der Waals surface area contributed by atoms with Crippen molar-refractivity contribution in [2.45, 2.75) is 6.54 Å². The van der Waals surface area contributed by atoms with Crippen molar-refractivity contribution in [3.63, 3.8) is 0 Å². The topological polar surface area (TPSA) is 77.2 Å². The van der Waals surface area contributed by atoms with Gasteiger partial charge in [0.15, 0.2) is 0 Å². The van der Waals surface area contributed by atoms with Crippen LogP contribution in [-0.2, 0) is 6.54 Å². The molecule has 3 N–H and O–H groups in total. The lowest BCUT2D eigenvalue weighted by molar-refractivity contribution is 0.102. The van der Waals surface area contributed by atoms with E-state index in [0.717, 1.165) is 5.56 Å². The maximum absolute atomic E-state index is 12.1. The van der Waals surface area contributed by atoms with Gasteiger partial charge in [-0.15, -0.1) is 0 Å². The summed E-state index contributed by atoms with van der Waals surface area (Å²) in [7, 11) is 1.48. The number of benzene rings is 1. The number of nitrogens with one attached hydrogen (secondary N) is 1. The summed E-state index contributed by atoms with van der Waals surface area (Å²) in [5.41, 5.74) is 7.60. The third kappa shape index (κ3) is 3.08. The predicted octanol–water partition coefficient (Wildman–Crippen LogP) is 1.80.